The zero-order valence-corrected chi connectivity index (χ0v) is 16.2. The Kier molecular flexibility index (Phi) is 7.06. The number of hydrogen-bond acceptors (Lipinski definition) is 7. The molecule has 0 N–H and O–H groups in total. The van der Waals surface area contributed by atoms with E-state index in [0.29, 0.717) is 30.3 Å². The third kappa shape index (κ3) is 5.62. The highest BCUT2D eigenvalue weighted by atomic mass is 32.2. The first-order valence-corrected chi connectivity index (χ1v) is 9.80. The molecule has 27 heavy (non-hydrogen) atoms. The van der Waals surface area contributed by atoms with Crippen LogP contribution in [0.1, 0.15) is 19.4 Å². The minimum absolute atomic E-state index is 0.0481. The van der Waals surface area contributed by atoms with Crippen LogP contribution < -0.4 is 13.7 Å². The van der Waals surface area contributed by atoms with Gasteiger partial charge >= 0.3 is 16.1 Å². The van der Waals surface area contributed by atoms with E-state index in [4.69, 9.17) is 13.7 Å². The molecule has 0 unspecified atom stereocenters. The Bertz CT molecular complexity index is 873. The van der Waals surface area contributed by atoms with Crippen molar-refractivity contribution in [2.24, 2.45) is 0 Å². The van der Waals surface area contributed by atoms with Crippen molar-refractivity contribution in [1.82, 2.24) is 0 Å². The highest BCUT2D eigenvalue weighted by Gasteiger charge is 2.20. The Hall–Kier alpha value is -2.74. The van der Waals surface area contributed by atoms with E-state index in [1.165, 1.54) is 37.4 Å². The third-order valence-electron chi connectivity index (χ3n) is 3.51. The predicted octanol–water partition coefficient (Wildman–Crippen LogP) is 2.97. The standard InChI is InChI=1S/C19H22O7S/c1-4-24-17-11-10-16(13-18(17)25-5-2)27(21,22)26-15-8-6-14(7-9-15)12-19(20)23-3/h6-11,13H,4-5,12H2,1-3H3. The van der Waals surface area contributed by atoms with Gasteiger partial charge in [-0.15, -0.1) is 0 Å². The molecule has 2 aromatic carbocycles. The van der Waals surface area contributed by atoms with Gasteiger partial charge in [0.25, 0.3) is 0 Å². The number of rotatable bonds is 9. The largest absolute Gasteiger partial charge is 0.490 e. The Morgan fingerprint density at radius 2 is 1.56 bits per heavy atom. The summed E-state index contributed by atoms with van der Waals surface area (Å²) in [6.07, 6.45) is 0.0974. The SMILES string of the molecule is CCOc1ccc(S(=O)(=O)Oc2ccc(CC(=O)OC)cc2)cc1OCC. The minimum atomic E-state index is -4.05. The summed E-state index contributed by atoms with van der Waals surface area (Å²) in [5.74, 6) is 0.549. The summed E-state index contributed by atoms with van der Waals surface area (Å²) in [5, 5.41) is 0. The number of methoxy groups -OCH3 is 1. The zero-order valence-electron chi connectivity index (χ0n) is 15.4. The Morgan fingerprint density at radius 1 is 0.926 bits per heavy atom. The van der Waals surface area contributed by atoms with Gasteiger partial charge in [0, 0.05) is 6.07 Å². The second kappa shape index (κ2) is 9.27. The fraction of sp³-hybridized carbons (Fsp3) is 0.316. The summed E-state index contributed by atoms with van der Waals surface area (Å²) in [5.41, 5.74) is 0.686. The first kappa shape index (κ1) is 20.6. The van der Waals surface area contributed by atoms with Crippen LogP contribution in [0.5, 0.6) is 17.2 Å². The van der Waals surface area contributed by atoms with E-state index < -0.39 is 10.1 Å². The molecule has 146 valence electrons. The lowest BCUT2D eigenvalue weighted by molar-refractivity contribution is -0.139. The predicted molar refractivity (Wildman–Crippen MR) is 98.8 cm³/mol. The topological polar surface area (TPSA) is 88.1 Å². The third-order valence-corrected chi connectivity index (χ3v) is 4.75. The van der Waals surface area contributed by atoms with Crippen molar-refractivity contribution in [3.63, 3.8) is 0 Å². The van der Waals surface area contributed by atoms with Gasteiger partial charge in [-0.25, -0.2) is 0 Å². The van der Waals surface area contributed by atoms with Crippen LogP contribution in [-0.2, 0) is 26.1 Å². The molecule has 0 spiro atoms. The van der Waals surface area contributed by atoms with Gasteiger partial charge in [-0.3, -0.25) is 4.79 Å². The molecule has 0 saturated carbocycles. The van der Waals surface area contributed by atoms with Crippen LogP contribution in [0.15, 0.2) is 47.4 Å². The van der Waals surface area contributed by atoms with Gasteiger partial charge in [-0.2, -0.15) is 8.42 Å². The lowest BCUT2D eigenvalue weighted by Crippen LogP contribution is -2.11. The average Bonchev–Trinajstić information content (AvgIpc) is 2.64. The molecule has 0 fully saturated rings. The maximum absolute atomic E-state index is 12.5. The van der Waals surface area contributed by atoms with Gasteiger partial charge in [-0.05, 0) is 43.7 Å². The van der Waals surface area contributed by atoms with Gasteiger partial charge in [0.05, 0.1) is 26.7 Å². The maximum atomic E-state index is 12.5. The molecule has 2 aromatic rings. The van der Waals surface area contributed by atoms with Crippen molar-refractivity contribution in [1.29, 1.82) is 0 Å². The maximum Gasteiger partial charge on any atom is 0.339 e. The van der Waals surface area contributed by atoms with Crippen molar-refractivity contribution in [2.75, 3.05) is 20.3 Å². The summed E-state index contributed by atoms with van der Waals surface area (Å²) in [6.45, 7) is 4.42. The van der Waals surface area contributed by atoms with E-state index >= 15 is 0 Å². The number of carbonyl (C=O) groups is 1. The molecule has 2 rings (SSSR count). The van der Waals surface area contributed by atoms with Gasteiger partial charge in [-0.1, -0.05) is 12.1 Å². The highest BCUT2D eigenvalue weighted by Crippen LogP contribution is 2.31. The first-order valence-electron chi connectivity index (χ1n) is 8.39. The second-order valence-corrected chi connectivity index (χ2v) is 6.96. The Balaban J connectivity index is 2.20. The smallest absolute Gasteiger partial charge is 0.339 e. The number of esters is 1. The number of benzene rings is 2. The molecule has 0 saturated heterocycles. The fourth-order valence-electron chi connectivity index (χ4n) is 2.26. The quantitative estimate of drug-likeness (QED) is 0.477. The molecule has 0 heterocycles. The normalized spacial score (nSPS) is 10.9. The van der Waals surface area contributed by atoms with Crippen LogP contribution in [0, 0.1) is 0 Å². The van der Waals surface area contributed by atoms with Crippen LogP contribution in [0.3, 0.4) is 0 Å². The van der Waals surface area contributed by atoms with Gasteiger partial charge in [0.2, 0.25) is 0 Å². The molecule has 0 atom stereocenters. The molecule has 7 nitrogen and oxygen atoms in total. The number of ether oxygens (including phenoxy) is 3. The molecule has 0 aliphatic rings. The van der Waals surface area contributed by atoms with Crippen LogP contribution >= 0.6 is 0 Å². The van der Waals surface area contributed by atoms with Gasteiger partial charge in [0.15, 0.2) is 11.5 Å². The second-order valence-electron chi connectivity index (χ2n) is 5.41. The van der Waals surface area contributed by atoms with E-state index in [9.17, 15) is 13.2 Å². The van der Waals surface area contributed by atoms with Crippen LogP contribution in [0.25, 0.3) is 0 Å². The van der Waals surface area contributed by atoms with E-state index in [1.807, 2.05) is 6.92 Å². The Morgan fingerprint density at radius 3 is 2.15 bits per heavy atom. The highest BCUT2D eigenvalue weighted by molar-refractivity contribution is 7.87. The minimum Gasteiger partial charge on any atom is -0.490 e. The molecular weight excluding hydrogens is 372 g/mol. The number of hydrogen-bond donors (Lipinski definition) is 0. The van der Waals surface area contributed by atoms with E-state index in [2.05, 4.69) is 4.74 Å². The number of carbonyl (C=O) groups excluding carboxylic acids is 1. The molecule has 0 aliphatic carbocycles. The summed E-state index contributed by atoms with van der Waals surface area (Å²) in [4.78, 5) is 11.2. The lowest BCUT2D eigenvalue weighted by atomic mass is 10.1. The molecule has 0 radical (unpaired) electrons. The van der Waals surface area contributed by atoms with Crippen LogP contribution in [0.2, 0.25) is 0 Å². The molecule has 0 bridgehead atoms. The summed E-state index contributed by atoms with van der Waals surface area (Å²) in [6, 6.07) is 10.5. The molecular formula is C19H22O7S. The van der Waals surface area contributed by atoms with E-state index in [-0.39, 0.29) is 23.0 Å². The van der Waals surface area contributed by atoms with Crippen molar-refractivity contribution >= 4 is 16.1 Å². The molecule has 0 aliphatic heterocycles. The van der Waals surface area contributed by atoms with Crippen molar-refractivity contribution in [3.8, 4) is 17.2 Å². The Labute approximate surface area is 158 Å². The summed E-state index contributed by atoms with van der Waals surface area (Å²) in [7, 11) is -2.75. The molecule has 0 amide bonds. The molecule has 8 heteroatoms. The van der Waals surface area contributed by atoms with E-state index in [1.54, 1.807) is 19.1 Å². The molecule has 0 aromatic heterocycles. The summed E-state index contributed by atoms with van der Waals surface area (Å²) < 4.78 is 45.7. The van der Waals surface area contributed by atoms with Crippen molar-refractivity contribution in [3.05, 3.63) is 48.0 Å². The lowest BCUT2D eigenvalue weighted by Gasteiger charge is -2.13. The zero-order chi connectivity index (χ0) is 19.9. The van der Waals surface area contributed by atoms with Gasteiger partial charge in [0.1, 0.15) is 10.6 Å². The summed E-state index contributed by atoms with van der Waals surface area (Å²) >= 11 is 0. The monoisotopic (exact) mass is 394 g/mol. The van der Waals surface area contributed by atoms with Gasteiger partial charge < -0.3 is 18.4 Å². The van der Waals surface area contributed by atoms with E-state index in [0.717, 1.165) is 0 Å². The van der Waals surface area contributed by atoms with Crippen LogP contribution in [0.4, 0.5) is 0 Å². The van der Waals surface area contributed by atoms with Crippen LogP contribution in [-0.4, -0.2) is 34.7 Å². The fourth-order valence-corrected chi connectivity index (χ4v) is 3.21. The van der Waals surface area contributed by atoms with Crippen molar-refractivity contribution < 1.29 is 31.6 Å². The van der Waals surface area contributed by atoms with Crippen molar-refractivity contribution in [2.45, 2.75) is 25.2 Å². The first-order chi connectivity index (χ1) is 12.9. The average molecular weight is 394 g/mol.